The third kappa shape index (κ3) is 4.54. The molecule has 1 saturated heterocycles. The number of nitrogens with one attached hydrogen (secondary N) is 1. The molecule has 5 nitrogen and oxygen atoms in total. The van der Waals surface area contributed by atoms with Crippen molar-refractivity contribution in [3.8, 4) is 0 Å². The second kappa shape index (κ2) is 6.58. The Morgan fingerprint density at radius 3 is 2.52 bits per heavy atom. The fraction of sp³-hybridized carbons (Fsp3) is 0.533. The first-order valence-corrected chi connectivity index (χ1v) is 9.21. The summed E-state index contributed by atoms with van der Waals surface area (Å²) in [6.07, 6.45) is 2.64. The summed E-state index contributed by atoms with van der Waals surface area (Å²) in [6.45, 7) is 2.15. The van der Waals surface area contributed by atoms with Gasteiger partial charge >= 0.3 is 0 Å². The monoisotopic (exact) mass is 310 g/mol. The van der Waals surface area contributed by atoms with Crippen LogP contribution in [0.1, 0.15) is 18.9 Å². The first-order chi connectivity index (χ1) is 9.87. The number of aryl methyl sites for hydroxylation is 1. The summed E-state index contributed by atoms with van der Waals surface area (Å²) in [5.74, 6) is 0.0120. The predicted octanol–water partition coefficient (Wildman–Crippen LogP) is 0.810. The summed E-state index contributed by atoms with van der Waals surface area (Å²) in [5.41, 5.74) is 1.20. The maximum Gasteiger partial charge on any atom is 0.241 e. The van der Waals surface area contributed by atoms with Gasteiger partial charge in [-0.3, -0.25) is 10.1 Å². The zero-order valence-electron chi connectivity index (χ0n) is 12.5. The molecule has 1 heterocycles. The molecular formula is C15H22N2O3S. The van der Waals surface area contributed by atoms with Crippen LogP contribution in [0.2, 0.25) is 0 Å². The van der Waals surface area contributed by atoms with Crippen LogP contribution in [-0.4, -0.2) is 50.0 Å². The number of carbonyl (C=O) groups is 1. The smallest absolute Gasteiger partial charge is 0.241 e. The van der Waals surface area contributed by atoms with Crippen molar-refractivity contribution in [2.45, 2.75) is 32.0 Å². The van der Waals surface area contributed by atoms with E-state index in [0.29, 0.717) is 0 Å². The van der Waals surface area contributed by atoms with E-state index < -0.39 is 9.84 Å². The highest BCUT2D eigenvalue weighted by molar-refractivity contribution is 7.90. The molecule has 116 valence electrons. The zero-order valence-corrected chi connectivity index (χ0v) is 13.3. The lowest BCUT2D eigenvalue weighted by Gasteiger charge is -2.20. The molecule has 0 bridgehead atoms. The van der Waals surface area contributed by atoms with Gasteiger partial charge in [0.1, 0.15) is 9.84 Å². The molecule has 2 atom stereocenters. The van der Waals surface area contributed by atoms with Crippen LogP contribution in [-0.2, 0) is 21.1 Å². The van der Waals surface area contributed by atoms with Crippen molar-refractivity contribution >= 4 is 15.7 Å². The number of nitrogens with zero attached hydrogens (tertiary/aromatic N) is 1. The van der Waals surface area contributed by atoms with Crippen LogP contribution in [0.15, 0.2) is 30.3 Å². The van der Waals surface area contributed by atoms with Crippen LogP contribution in [0.25, 0.3) is 0 Å². The van der Waals surface area contributed by atoms with Crippen molar-refractivity contribution in [3.05, 3.63) is 35.9 Å². The molecule has 0 saturated carbocycles. The number of benzene rings is 1. The highest BCUT2D eigenvalue weighted by Crippen LogP contribution is 2.15. The van der Waals surface area contributed by atoms with E-state index in [9.17, 15) is 13.2 Å². The molecule has 2 rings (SSSR count). The minimum absolute atomic E-state index is 0.00193. The molecular weight excluding hydrogens is 288 g/mol. The first kappa shape index (κ1) is 16.0. The normalized spacial score (nSPS) is 22.8. The molecule has 0 aromatic heterocycles. The molecule has 1 amide bonds. The Bertz CT molecular complexity index is 586. The van der Waals surface area contributed by atoms with E-state index in [1.54, 1.807) is 4.90 Å². The van der Waals surface area contributed by atoms with Crippen LogP contribution in [0.3, 0.4) is 0 Å². The van der Waals surface area contributed by atoms with Gasteiger partial charge in [0.05, 0.1) is 18.0 Å². The topological polar surface area (TPSA) is 66.5 Å². The van der Waals surface area contributed by atoms with E-state index in [0.717, 1.165) is 12.8 Å². The van der Waals surface area contributed by atoms with Gasteiger partial charge in [-0.15, -0.1) is 0 Å². The summed E-state index contributed by atoms with van der Waals surface area (Å²) < 4.78 is 22.5. The molecule has 0 aliphatic carbocycles. The number of carbonyl (C=O) groups excluding carboxylic acids is 1. The summed E-state index contributed by atoms with van der Waals surface area (Å²) in [6, 6.07) is 9.81. The van der Waals surface area contributed by atoms with E-state index in [-0.39, 0.29) is 30.4 Å². The number of sulfone groups is 1. The Kier molecular flexibility index (Phi) is 5.00. The van der Waals surface area contributed by atoms with E-state index >= 15 is 0 Å². The molecule has 21 heavy (non-hydrogen) atoms. The SMILES string of the molecule is CC1NC(CCc2ccccc2)C(=O)N1CCS(C)(=O)=O. The molecule has 6 heteroatoms. The Morgan fingerprint density at radius 1 is 1.24 bits per heavy atom. The average Bonchev–Trinajstić information content (AvgIpc) is 2.69. The summed E-state index contributed by atoms with van der Waals surface area (Å²) in [4.78, 5) is 13.9. The maximum atomic E-state index is 12.3. The molecule has 1 aromatic carbocycles. The van der Waals surface area contributed by atoms with Crippen molar-refractivity contribution < 1.29 is 13.2 Å². The summed E-state index contributed by atoms with van der Waals surface area (Å²) in [5, 5.41) is 3.24. The number of amides is 1. The number of hydrogen-bond acceptors (Lipinski definition) is 4. The van der Waals surface area contributed by atoms with Gasteiger partial charge in [-0.2, -0.15) is 0 Å². The Labute approximate surface area is 126 Å². The molecule has 1 aliphatic rings. The summed E-state index contributed by atoms with van der Waals surface area (Å²) >= 11 is 0. The van der Waals surface area contributed by atoms with Crippen molar-refractivity contribution in [2.24, 2.45) is 0 Å². The second-order valence-electron chi connectivity index (χ2n) is 5.58. The molecule has 1 aliphatic heterocycles. The van der Waals surface area contributed by atoms with Crippen molar-refractivity contribution in [1.29, 1.82) is 0 Å². The standard InChI is InChI=1S/C15H22N2O3S/c1-12-16-14(9-8-13-6-4-3-5-7-13)15(18)17(12)10-11-21(2,19)20/h3-7,12,14,16H,8-11H2,1-2H3. The van der Waals surface area contributed by atoms with Gasteiger partial charge in [-0.25, -0.2) is 8.42 Å². The minimum atomic E-state index is -3.05. The van der Waals surface area contributed by atoms with Gasteiger partial charge in [0.2, 0.25) is 5.91 Å². The van der Waals surface area contributed by atoms with Crippen LogP contribution >= 0.6 is 0 Å². The van der Waals surface area contributed by atoms with Crippen molar-refractivity contribution in [1.82, 2.24) is 10.2 Å². The summed E-state index contributed by atoms with van der Waals surface area (Å²) in [7, 11) is -3.05. The van der Waals surface area contributed by atoms with Gasteiger partial charge < -0.3 is 4.90 Å². The lowest BCUT2D eigenvalue weighted by Crippen LogP contribution is -2.38. The Morgan fingerprint density at radius 2 is 1.90 bits per heavy atom. The van der Waals surface area contributed by atoms with Gasteiger partial charge in [-0.1, -0.05) is 30.3 Å². The van der Waals surface area contributed by atoms with E-state index in [1.807, 2.05) is 37.3 Å². The van der Waals surface area contributed by atoms with E-state index in [2.05, 4.69) is 5.32 Å². The van der Waals surface area contributed by atoms with Gasteiger partial charge in [0.15, 0.2) is 0 Å². The first-order valence-electron chi connectivity index (χ1n) is 7.15. The van der Waals surface area contributed by atoms with E-state index in [1.165, 1.54) is 11.8 Å². The number of hydrogen-bond donors (Lipinski definition) is 1. The predicted molar refractivity (Wildman–Crippen MR) is 82.6 cm³/mol. The van der Waals surface area contributed by atoms with Crippen LogP contribution in [0.4, 0.5) is 0 Å². The highest BCUT2D eigenvalue weighted by atomic mass is 32.2. The van der Waals surface area contributed by atoms with Crippen LogP contribution < -0.4 is 5.32 Å². The fourth-order valence-electron chi connectivity index (χ4n) is 2.57. The lowest BCUT2D eigenvalue weighted by atomic mass is 10.1. The molecule has 1 N–H and O–H groups in total. The van der Waals surface area contributed by atoms with Crippen LogP contribution in [0, 0.1) is 0 Å². The van der Waals surface area contributed by atoms with Crippen molar-refractivity contribution in [3.63, 3.8) is 0 Å². The molecule has 0 radical (unpaired) electrons. The molecule has 2 unspecified atom stereocenters. The third-order valence-corrected chi connectivity index (χ3v) is 4.68. The molecule has 1 aromatic rings. The largest absolute Gasteiger partial charge is 0.325 e. The zero-order chi connectivity index (χ0) is 15.5. The van der Waals surface area contributed by atoms with Gasteiger partial charge in [0.25, 0.3) is 0 Å². The van der Waals surface area contributed by atoms with Gasteiger partial charge in [-0.05, 0) is 25.3 Å². The van der Waals surface area contributed by atoms with Gasteiger partial charge in [0, 0.05) is 12.8 Å². The lowest BCUT2D eigenvalue weighted by molar-refractivity contribution is -0.129. The average molecular weight is 310 g/mol. The quantitative estimate of drug-likeness (QED) is 0.844. The Hall–Kier alpha value is -1.40. The molecule has 0 spiro atoms. The molecule has 1 fully saturated rings. The highest BCUT2D eigenvalue weighted by Gasteiger charge is 2.35. The second-order valence-corrected chi connectivity index (χ2v) is 7.84. The number of rotatable bonds is 6. The fourth-order valence-corrected chi connectivity index (χ4v) is 3.10. The minimum Gasteiger partial charge on any atom is -0.325 e. The Balaban J connectivity index is 1.90. The van der Waals surface area contributed by atoms with Crippen molar-refractivity contribution in [2.75, 3.05) is 18.6 Å². The maximum absolute atomic E-state index is 12.3. The third-order valence-electron chi connectivity index (χ3n) is 3.76. The van der Waals surface area contributed by atoms with Crippen LogP contribution in [0.5, 0.6) is 0 Å². The van der Waals surface area contributed by atoms with E-state index in [4.69, 9.17) is 0 Å².